The lowest BCUT2D eigenvalue weighted by atomic mass is 10.4. The average molecular weight is 171 g/mol. The summed E-state index contributed by atoms with van der Waals surface area (Å²) in [6.45, 7) is 4.67. The molecule has 0 bridgehead atoms. The molecular formula is C9H21N3. The molecule has 0 amide bonds. The Hall–Kier alpha value is -0.660. The van der Waals surface area contributed by atoms with Gasteiger partial charge in [0.15, 0.2) is 0 Å². The van der Waals surface area contributed by atoms with Crippen molar-refractivity contribution in [2.24, 2.45) is 9.98 Å². The van der Waals surface area contributed by atoms with E-state index in [1.165, 1.54) is 0 Å². The average Bonchev–Trinajstić information content (AvgIpc) is 1.96. The first kappa shape index (κ1) is 13.9. The van der Waals surface area contributed by atoms with Gasteiger partial charge in [0, 0.05) is 6.54 Å². The summed E-state index contributed by atoms with van der Waals surface area (Å²) in [6, 6.07) is 2.64. The summed E-state index contributed by atoms with van der Waals surface area (Å²) in [5.74, 6) is 0. The van der Waals surface area contributed by atoms with E-state index in [2.05, 4.69) is 35.0 Å². The quantitative estimate of drug-likeness (QED) is 0.457. The molecule has 3 heteroatoms. The third kappa shape index (κ3) is 12.1. The summed E-state index contributed by atoms with van der Waals surface area (Å²) < 4.78 is 0. The van der Waals surface area contributed by atoms with Crippen molar-refractivity contribution in [3.63, 3.8) is 0 Å². The Bertz CT molecular complexity index is 135. The summed E-state index contributed by atoms with van der Waals surface area (Å²) >= 11 is 0. The van der Waals surface area contributed by atoms with Gasteiger partial charge in [-0.05, 0) is 34.0 Å². The number of hydrogen-bond donors (Lipinski definition) is 0. The predicted octanol–water partition coefficient (Wildman–Crippen LogP) is 1.77. The van der Waals surface area contributed by atoms with E-state index in [1.54, 1.807) is 0 Å². The van der Waals surface area contributed by atoms with Gasteiger partial charge in [0.05, 0.1) is 12.6 Å². The van der Waals surface area contributed by atoms with E-state index in [0.717, 1.165) is 26.1 Å². The Morgan fingerprint density at radius 1 is 1.25 bits per heavy atom. The number of nitrogens with zero attached hydrogens (tertiary/aromatic N) is 3. The van der Waals surface area contributed by atoms with Crippen LogP contribution in [0.15, 0.2) is 9.98 Å². The second-order valence-electron chi connectivity index (χ2n) is 2.61. The maximum absolute atomic E-state index is 3.99. The molecule has 0 spiro atoms. The highest BCUT2D eigenvalue weighted by Gasteiger charge is 1.86. The van der Waals surface area contributed by atoms with Crippen LogP contribution in [0.1, 0.15) is 20.8 Å². The molecule has 0 heterocycles. The monoisotopic (exact) mass is 171 g/mol. The molecule has 0 atom stereocenters. The van der Waals surface area contributed by atoms with Crippen LogP contribution in [0, 0.1) is 0 Å². The lowest BCUT2D eigenvalue weighted by molar-refractivity contribution is 0.403. The molecule has 0 saturated heterocycles. The van der Waals surface area contributed by atoms with E-state index in [4.69, 9.17) is 0 Å². The molecule has 0 aliphatic rings. The van der Waals surface area contributed by atoms with Crippen molar-refractivity contribution in [1.82, 2.24) is 4.90 Å². The largest absolute Gasteiger partial charge is 0.309 e. The van der Waals surface area contributed by atoms with Gasteiger partial charge in [-0.1, -0.05) is 7.43 Å². The Labute approximate surface area is 76.2 Å². The van der Waals surface area contributed by atoms with E-state index < -0.39 is 0 Å². The van der Waals surface area contributed by atoms with Gasteiger partial charge in [0.1, 0.15) is 0 Å². The zero-order valence-corrected chi connectivity index (χ0v) is 7.67. The SMILES string of the molecule is C.CCN=C=NCCCN(C)C. The molecule has 0 aliphatic heterocycles. The first-order valence-electron chi connectivity index (χ1n) is 4.00. The second-order valence-corrected chi connectivity index (χ2v) is 2.61. The summed E-state index contributed by atoms with van der Waals surface area (Å²) in [6.07, 6.45) is 1.08. The molecule has 0 aliphatic carbocycles. The van der Waals surface area contributed by atoms with Crippen molar-refractivity contribution in [1.29, 1.82) is 0 Å². The van der Waals surface area contributed by atoms with E-state index >= 15 is 0 Å². The molecule has 0 radical (unpaired) electrons. The Balaban J connectivity index is 0. The van der Waals surface area contributed by atoms with Gasteiger partial charge in [0.25, 0.3) is 0 Å². The molecule has 0 fully saturated rings. The van der Waals surface area contributed by atoms with Crippen LogP contribution in [-0.2, 0) is 0 Å². The fraction of sp³-hybridized carbons (Fsp3) is 0.889. The molecule has 0 N–H and O–H groups in total. The topological polar surface area (TPSA) is 28.0 Å². The van der Waals surface area contributed by atoms with Crippen molar-refractivity contribution < 1.29 is 0 Å². The minimum Gasteiger partial charge on any atom is -0.309 e. The standard InChI is InChI=1S/C8H17N3.CH4/c1-4-9-8-10-6-5-7-11(2)3;/h4-7H2,1-3H3;1H4. The lowest BCUT2D eigenvalue weighted by Crippen LogP contribution is -2.13. The minimum absolute atomic E-state index is 0. The molecule has 12 heavy (non-hydrogen) atoms. The van der Waals surface area contributed by atoms with E-state index in [-0.39, 0.29) is 7.43 Å². The normalized spacial score (nSPS) is 8.67. The molecule has 0 unspecified atom stereocenters. The van der Waals surface area contributed by atoms with Crippen molar-refractivity contribution in [2.75, 3.05) is 33.7 Å². The van der Waals surface area contributed by atoms with Gasteiger partial charge < -0.3 is 4.90 Å². The second kappa shape index (κ2) is 10.3. The van der Waals surface area contributed by atoms with Crippen molar-refractivity contribution in [3.05, 3.63) is 0 Å². The van der Waals surface area contributed by atoms with Gasteiger partial charge in [-0.3, -0.25) is 0 Å². The van der Waals surface area contributed by atoms with E-state index in [0.29, 0.717) is 0 Å². The third-order valence-electron chi connectivity index (χ3n) is 1.17. The van der Waals surface area contributed by atoms with E-state index in [1.807, 2.05) is 6.92 Å². The van der Waals surface area contributed by atoms with Crippen LogP contribution >= 0.6 is 0 Å². The van der Waals surface area contributed by atoms with Gasteiger partial charge in [-0.15, -0.1) is 0 Å². The van der Waals surface area contributed by atoms with Gasteiger partial charge in [0.2, 0.25) is 0 Å². The smallest absolute Gasteiger partial charge is 0.0892 e. The Morgan fingerprint density at radius 3 is 2.42 bits per heavy atom. The first-order chi connectivity index (χ1) is 5.27. The molecule has 0 aromatic carbocycles. The zero-order chi connectivity index (χ0) is 8.53. The van der Waals surface area contributed by atoms with Crippen LogP contribution in [0.25, 0.3) is 0 Å². The highest BCUT2D eigenvalue weighted by Crippen LogP contribution is 1.82. The summed E-state index contributed by atoms with van der Waals surface area (Å²) in [5, 5.41) is 0. The first-order valence-corrected chi connectivity index (χ1v) is 4.00. The summed E-state index contributed by atoms with van der Waals surface area (Å²) in [7, 11) is 4.12. The zero-order valence-electron chi connectivity index (χ0n) is 7.67. The maximum Gasteiger partial charge on any atom is 0.0892 e. The maximum atomic E-state index is 3.99. The van der Waals surface area contributed by atoms with E-state index in [9.17, 15) is 0 Å². The summed E-state index contributed by atoms with van der Waals surface area (Å²) in [4.78, 5) is 9.99. The van der Waals surface area contributed by atoms with Crippen molar-refractivity contribution >= 4 is 6.01 Å². The molecule has 0 aromatic rings. The highest BCUT2D eigenvalue weighted by molar-refractivity contribution is 5.40. The molecular weight excluding hydrogens is 150 g/mol. The third-order valence-corrected chi connectivity index (χ3v) is 1.17. The van der Waals surface area contributed by atoms with Crippen LogP contribution in [-0.4, -0.2) is 44.6 Å². The summed E-state index contributed by atoms with van der Waals surface area (Å²) in [5.41, 5.74) is 0. The van der Waals surface area contributed by atoms with Crippen molar-refractivity contribution in [3.8, 4) is 0 Å². The fourth-order valence-corrected chi connectivity index (χ4v) is 0.637. The van der Waals surface area contributed by atoms with Gasteiger partial charge in [-0.2, -0.15) is 0 Å². The number of rotatable bonds is 5. The van der Waals surface area contributed by atoms with Gasteiger partial charge in [-0.25, -0.2) is 9.98 Å². The molecule has 72 valence electrons. The Kier molecular flexibility index (Phi) is 12.0. The number of aliphatic imine (C=N–C) groups is 2. The van der Waals surface area contributed by atoms with Crippen LogP contribution in [0.4, 0.5) is 0 Å². The van der Waals surface area contributed by atoms with Crippen LogP contribution in [0.3, 0.4) is 0 Å². The molecule has 0 rings (SSSR count). The molecule has 0 saturated carbocycles. The highest BCUT2D eigenvalue weighted by atomic mass is 15.0. The Morgan fingerprint density at radius 2 is 1.92 bits per heavy atom. The van der Waals surface area contributed by atoms with Gasteiger partial charge >= 0.3 is 0 Å². The fourth-order valence-electron chi connectivity index (χ4n) is 0.637. The lowest BCUT2D eigenvalue weighted by Gasteiger charge is -2.05. The van der Waals surface area contributed by atoms with Crippen LogP contribution in [0.5, 0.6) is 0 Å². The van der Waals surface area contributed by atoms with Crippen LogP contribution < -0.4 is 0 Å². The minimum atomic E-state index is 0. The predicted molar refractivity (Wildman–Crippen MR) is 55.2 cm³/mol. The van der Waals surface area contributed by atoms with Crippen LogP contribution in [0.2, 0.25) is 0 Å². The van der Waals surface area contributed by atoms with Crippen molar-refractivity contribution in [2.45, 2.75) is 20.8 Å². The number of hydrogen-bond acceptors (Lipinski definition) is 3. The molecule has 0 aromatic heterocycles. The molecule has 3 nitrogen and oxygen atoms in total.